The summed E-state index contributed by atoms with van der Waals surface area (Å²) in [4.78, 5) is 0.0916. The van der Waals surface area contributed by atoms with E-state index in [1.165, 1.54) is 12.1 Å². The molecule has 0 spiro atoms. The summed E-state index contributed by atoms with van der Waals surface area (Å²) in [5, 5.41) is 5.00. The van der Waals surface area contributed by atoms with Crippen LogP contribution in [0.5, 0.6) is 5.75 Å². The number of hydrogen-bond donors (Lipinski definition) is 1. The fraction of sp³-hybridized carbons (Fsp3) is 0.500. The van der Waals surface area contributed by atoms with E-state index in [0.29, 0.717) is 18.5 Å². The summed E-state index contributed by atoms with van der Waals surface area (Å²) >= 11 is 0. The van der Waals surface area contributed by atoms with E-state index in [-0.39, 0.29) is 4.90 Å². The Morgan fingerprint density at radius 1 is 1.33 bits per heavy atom. The molecule has 1 atom stereocenters. The van der Waals surface area contributed by atoms with Crippen molar-refractivity contribution in [3.8, 4) is 5.75 Å². The molecule has 0 saturated carbocycles. The minimum Gasteiger partial charge on any atom is -0.493 e. The van der Waals surface area contributed by atoms with E-state index in [9.17, 15) is 8.42 Å². The predicted molar refractivity (Wildman–Crippen MR) is 66.9 cm³/mol. The van der Waals surface area contributed by atoms with E-state index < -0.39 is 10.0 Å². The van der Waals surface area contributed by atoms with Gasteiger partial charge in [-0.15, -0.1) is 0 Å². The number of benzene rings is 1. The minimum absolute atomic E-state index is 0.0916. The normalized spacial score (nSPS) is 19.9. The zero-order valence-corrected chi connectivity index (χ0v) is 10.9. The molecule has 2 rings (SSSR count). The van der Waals surface area contributed by atoms with Gasteiger partial charge in [0.15, 0.2) is 0 Å². The first kappa shape index (κ1) is 13.3. The van der Waals surface area contributed by atoms with Gasteiger partial charge in [-0.3, -0.25) is 0 Å². The van der Waals surface area contributed by atoms with Gasteiger partial charge in [0, 0.05) is 13.0 Å². The van der Waals surface area contributed by atoms with E-state index in [1.807, 2.05) is 0 Å². The van der Waals surface area contributed by atoms with Gasteiger partial charge in [-0.2, -0.15) is 0 Å². The topological polar surface area (TPSA) is 78.6 Å². The summed E-state index contributed by atoms with van der Waals surface area (Å²) in [5.41, 5.74) is 0. The summed E-state index contributed by atoms with van der Waals surface area (Å²) in [7, 11) is -3.63. The van der Waals surface area contributed by atoms with Crippen LogP contribution in [0.25, 0.3) is 0 Å². The van der Waals surface area contributed by atoms with Gasteiger partial charge < -0.3 is 9.47 Å². The highest BCUT2D eigenvalue weighted by molar-refractivity contribution is 7.89. The first-order valence-corrected chi connectivity index (χ1v) is 7.47. The summed E-state index contributed by atoms with van der Waals surface area (Å²) in [6, 6.07) is 6.10. The van der Waals surface area contributed by atoms with Gasteiger partial charge in [0.2, 0.25) is 10.0 Å². The van der Waals surface area contributed by atoms with Crippen LogP contribution < -0.4 is 9.88 Å². The zero-order chi connectivity index (χ0) is 13.0. The van der Waals surface area contributed by atoms with Crippen LogP contribution in [0.1, 0.15) is 19.3 Å². The predicted octanol–water partition coefficient (Wildman–Crippen LogP) is 1.28. The van der Waals surface area contributed by atoms with E-state index in [0.717, 1.165) is 25.9 Å². The third-order valence-corrected chi connectivity index (χ3v) is 3.81. The van der Waals surface area contributed by atoms with Crippen LogP contribution in [0, 0.1) is 0 Å². The third-order valence-electron chi connectivity index (χ3n) is 2.88. The monoisotopic (exact) mass is 271 g/mol. The Bertz CT molecular complexity index is 477. The van der Waals surface area contributed by atoms with Crippen LogP contribution in [-0.2, 0) is 14.8 Å². The molecular weight excluding hydrogens is 254 g/mol. The van der Waals surface area contributed by atoms with Crippen molar-refractivity contribution >= 4 is 10.0 Å². The minimum atomic E-state index is -3.63. The van der Waals surface area contributed by atoms with Gasteiger partial charge >= 0.3 is 0 Å². The molecule has 5 nitrogen and oxygen atoms in total. The van der Waals surface area contributed by atoms with Crippen molar-refractivity contribution in [2.45, 2.75) is 30.3 Å². The Hall–Kier alpha value is -1.11. The highest BCUT2D eigenvalue weighted by Crippen LogP contribution is 2.18. The van der Waals surface area contributed by atoms with E-state index in [1.54, 1.807) is 12.1 Å². The fourth-order valence-corrected chi connectivity index (χ4v) is 2.42. The fourth-order valence-electron chi connectivity index (χ4n) is 1.91. The molecule has 1 aliphatic rings. The smallest absolute Gasteiger partial charge is 0.238 e. The van der Waals surface area contributed by atoms with Crippen molar-refractivity contribution < 1.29 is 17.9 Å². The van der Waals surface area contributed by atoms with Crippen LogP contribution in [0.4, 0.5) is 0 Å². The molecule has 1 fully saturated rings. The number of nitrogens with two attached hydrogens (primary N) is 1. The Labute approximate surface area is 107 Å². The zero-order valence-electron chi connectivity index (χ0n) is 10.0. The largest absolute Gasteiger partial charge is 0.493 e. The van der Waals surface area contributed by atoms with Crippen molar-refractivity contribution in [1.82, 2.24) is 0 Å². The Kier molecular flexibility index (Phi) is 4.21. The van der Waals surface area contributed by atoms with Gasteiger partial charge in [-0.1, -0.05) is 0 Å². The Morgan fingerprint density at radius 3 is 2.61 bits per heavy atom. The molecule has 1 aliphatic heterocycles. The van der Waals surface area contributed by atoms with Crippen LogP contribution in [0.15, 0.2) is 29.2 Å². The summed E-state index contributed by atoms with van der Waals surface area (Å²) in [5.74, 6) is 0.639. The molecule has 0 aromatic heterocycles. The SMILES string of the molecule is NS(=O)(=O)c1ccc(OCCC2CCCO2)cc1. The molecule has 0 aliphatic carbocycles. The van der Waals surface area contributed by atoms with Crippen molar-refractivity contribution in [3.05, 3.63) is 24.3 Å². The summed E-state index contributed by atoms with van der Waals surface area (Å²) < 4.78 is 33.1. The molecule has 1 aromatic rings. The lowest BCUT2D eigenvalue weighted by Gasteiger charge is -2.10. The molecule has 0 radical (unpaired) electrons. The number of ether oxygens (including phenoxy) is 2. The molecule has 1 saturated heterocycles. The van der Waals surface area contributed by atoms with E-state index in [4.69, 9.17) is 14.6 Å². The number of rotatable bonds is 5. The maximum atomic E-state index is 11.1. The van der Waals surface area contributed by atoms with Crippen LogP contribution >= 0.6 is 0 Å². The van der Waals surface area contributed by atoms with Gasteiger partial charge in [0.25, 0.3) is 0 Å². The Morgan fingerprint density at radius 2 is 2.06 bits per heavy atom. The second-order valence-electron chi connectivity index (χ2n) is 4.29. The lowest BCUT2D eigenvalue weighted by Crippen LogP contribution is -2.12. The van der Waals surface area contributed by atoms with Gasteiger partial charge in [0.1, 0.15) is 5.75 Å². The Balaban J connectivity index is 1.83. The molecule has 2 N–H and O–H groups in total. The van der Waals surface area contributed by atoms with Crippen molar-refractivity contribution in [1.29, 1.82) is 0 Å². The first-order valence-electron chi connectivity index (χ1n) is 5.93. The molecule has 1 unspecified atom stereocenters. The lowest BCUT2D eigenvalue weighted by molar-refractivity contribution is 0.0903. The lowest BCUT2D eigenvalue weighted by atomic mass is 10.2. The van der Waals surface area contributed by atoms with Crippen molar-refractivity contribution in [2.75, 3.05) is 13.2 Å². The molecule has 1 heterocycles. The number of sulfonamides is 1. The summed E-state index contributed by atoms with van der Waals surface area (Å²) in [6.45, 7) is 1.41. The average Bonchev–Trinajstić information content (AvgIpc) is 2.82. The average molecular weight is 271 g/mol. The van der Waals surface area contributed by atoms with Crippen LogP contribution in [-0.4, -0.2) is 27.7 Å². The highest BCUT2D eigenvalue weighted by Gasteiger charge is 2.15. The third kappa shape index (κ3) is 3.69. The molecular formula is C12H17NO4S. The van der Waals surface area contributed by atoms with Gasteiger partial charge in [0.05, 0.1) is 17.6 Å². The molecule has 0 amide bonds. The molecule has 1 aromatic carbocycles. The van der Waals surface area contributed by atoms with Crippen LogP contribution in [0.2, 0.25) is 0 Å². The standard InChI is InChI=1S/C12H17NO4S/c13-18(14,15)12-5-3-11(4-6-12)17-9-7-10-2-1-8-16-10/h3-6,10H,1-2,7-9H2,(H2,13,14,15). The van der Waals surface area contributed by atoms with Crippen molar-refractivity contribution in [2.24, 2.45) is 5.14 Å². The first-order chi connectivity index (χ1) is 8.55. The highest BCUT2D eigenvalue weighted by atomic mass is 32.2. The van der Waals surface area contributed by atoms with E-state index >= 15 is 0 Å². The van der Waals surface area contributed by atoms with Crippen LogP contribution in [0.3, 0.4) is 0 Å². The molecule has 6 heteroatoms. The number of primary sulfonamides is 1. The van der Waals surface area contributed by atoms with Crippen molar-refractivity contribution in [3.63, 3.8) is 0 Å². The van der Waals surface area contributed by atoms with E-state index in [2.05, 4.69) is 0 Å². The quantitative estimate of drug-likeness (QED) is 0.875. The summed E-state index contributed by atoms with van der Waals surface area (Å²) in [6.07, 6.45) is 3.37. The molecule has 0 bridgehead atoms. The molecule has 18 heavy (non-hydrogen) atoms. The number of hydrogen-bond acceptors (Lipinski definition) is 4. The van der Waals surface area contributed by atoms with Gasteiger partial charge in [-0.05, 0) is 37.1 Å². The maximum absolute atomic E-state index is 11.1. The maximum Gasteiger partial charge on any atom is 0.238 e. The second-order valence-corrected chi connectivity index (χ2v) is 5.85. The van der Waals surface area contributed by atoms with Gasteiger partial charge in [-0.25, -0.2) is 13.6 Å². The molecule has 100 valence electrons. The second kappa shape index (κ2) is 5.69.